The zero-order chi connectivity index (χ0) is 20.4. The van der Waals surface area contributed by atoms with E-state index in [9.17, 15) is 18.8 Å². The molecule has 3 unspecified atom stereocenters. The minimum absolute atomic E-state index is 0.104. The summed E-state index contributed by atoms with van der Waals surface area (Å²) in [5.74, 6) is -1.69. The van der Waals surface area contributed by atoms with Crippen LogP contribution in [0.5, 0.6) is 0 Å². The molecule has 1 aliphatic carbocycles. The van der Waals surface area contributed by atoms with E-state index in [2.05, 4.69) is 0 Å². The molecule has 0 spiro atoms. The number of esters is 2. The van der Waals surface area contributed by atoms with Crippen molar-refractivity contribution in [3.05, 3.63) is 71.5 Å². The quantitative estimate of drug-likeness (QED) is 0.721. The maximum absolute atomic E-state index is 13.2. The van der Waals surface area contributed by atoms with Crippen LogP contribution in [0.2, 0.25) is 0 Å². The molecule has 2 aromatic carbocycles. The minimum Gasteiger partial charge on any atom is -0.461 e. The molecule has 0 bridgehead atoms. The van der Waals surface area contributed by atoms with Crippen molar-refractivity contribution in [1.29, 1.82) is 0 Å². The van der Waals surface area contributed by atoms with E-state index in [1.807, 2.05) is 30.3 Å². The molecule has 2 aromatic rings. The first-order valence-electron chi connectivity index (χ1n) is 9.64. The maximum Gasteiger partial charge on any atom is 0.307 e. The number of hydrogen-bond donors (Lipinski definition) is 0. The highest BCUT2D eigenvalue weighted by Gasteiger charge is 2.58. The Bertz CT molecular complexity index is 924. The summed E-state index contributed by atoms with van der Waals surface area (Å²) < 4.78 is 24.0. The second-order valence-electron chi connectivity index (χ2n) is 7.75. The van der Waals surface area contributed by atoms with Gasteiger partial charge in [-0.2, -0.15) is 0 Å². The smallest absolute Gasteiger partial charge is 0.307 e. The summed E-state index contributed by atoms with van der Waals surface area (Å²) in [6, 6.07) is 15.2. The van der Waals surface area contributed by atoms with Crippen molar-refractivity contribution in [2.75, 3.05) is 0 Å². The molecule has 1 saturated carbocycles. The fraction of sp³-hybridized carbons (Fsp3) is 0.348. The van der Waals surface area contributed by atoms with E-state index in [4.69, 9.17) is 9.47 Å². The maximum atomic E-state index is 13.2. The Morgan fingerprint density at radius 3 is 2.55 bits per heavy atom. The number of halogens is 1. The van der Waals surface area contributed by atoms with E-state index in [0.29, 0.717) is 6.42 Å². The Labute approximate surface area is 167 Å². The van der Waals surface area contributed by atoms with Crippen molar-refractivity contribution in [3.8, 4) is 0 Å². The number of carbonyl (C=O) groups is 3. The SMILES string of the molecule is O=C(CC12CC(=O)OC1CC(c1ccc(F)cc1)CC2=O)OCc1ccccc1. The zero-order valence-electron chi connectivity index (χ0n) is 15.8. The monoisotopic (exact) mass is 396 g/mol. The molecule has 2 aliphatic rings. The average Bonchev–Trinajstić information content (AvgIpc) is 3.04. The van der Waals surface area contributed by atoms with Gasteiger partial charge in [-0.25, -0.2) is 4.39 Å². The fourth-order valence-corrected chi connectivity index (χ4v) is 4.32. The van der Waals surface area contributed by atoms with Crippen molar-refractivity contribution in [1.82, 2.24) is 0 Å². The number of ether oxygens (including phenoxy) is 2. The van der Waals surface area contributed by atoms with E-state index in [-0.39, 0.29) is 43.4 Å². The van der Waals surface area contributed by atoms with Crippen molar-refractivity contribution in [2.45, 2.75) is 44.3 Å². The fourth-order valence-electron chi connectivity index (χ4n) is 4.32. The number of ketones is 1. The third kappa shape index (κ3) is 3.92. The molecule has 0 aromatic heterocycles. The topological polar surface area (TPSA) is 69.7 Å². The van der Waals surface area contributed by atoms with E-state index in [0.717, 1.165) is 11.1 Å². The van der Waals surface area contributed by atoms with Gasteiger partial charge in [0.15, 0.2) is 0 Å². The van der Waals surface area contributed by atoms with Crippen LogP contribution in [0.25, 0.3) is 0 Å². The molecule has 1 aliphatic heterocycles. The first kappa shape index (κ1) is 19.3. The lowest BCUT2D eigenvalue weighted by Gasteiger charge is -2.38. The molecule has 1 heterocycles. The van der Waals surface area contributed by atoms with Crippen molar-refractivity contribution in [3.63, 3.8) is 0 Å². The van der Waals surface area contributed by atoms with Crippen LogP contribution < -0.4 is 0 Å². The van der Waals surface area contributed by atoms with Gasteiger partial charge in [0.25, 0.3) is 0 Å². The molecule has 0 N–H and O–H groups in total. The molecule has 0 radical (unpaired) electrons. The van der Waals surface area contributed by atoms with Crippen LogP contribution in [0.3, 0.4) is 0 Å². The van der Waals surface area contributed by atoms with Crippen LogP contribution in [-0.2, 0) is 30.5 Å². The lowest BCUT2D eigenvalue weighted by Crippen LogP contribution is -2.46. The molecule has 29 heavy (non-hydrogen) atoms. The molecule has 1 saturated heterocycles. The molecule has 4 rings (SSSR count). The summed E-state index contributed by atoms with van der Waals surface area (Å²) >= 11 is 0. The molecule has 5 nitrogen and oxygen atoms in total. The Kier molecular flexibility index (Phi) is 5.18. The zero-order valence-corrected chi connectivity index (χ0v) is 15.8. The summed E-state index contributed by atoms with van der Waals surface area (Å²) in [7, 11) is 0. The summed E-state index contributed by atoms with van der Waals surface area (Å²) in [4.78, 5) is 37.6. The van der Waals surface area contributed by atoms with Gasteiger partial charge in [0.2, 0.25) is 0 Å². The Morgan fingerprint density at radius 1 is 1.10 bits per heavy atom. The molecule has 6 heteroatoms. The normalized spacial score (nSPS) is 26.0. The number of Topliss-reactive ketones (excluding diaryl/α,β-unsaturated/α-hetero) is 1. The van der Waals surface area contributed by atoms with Gasteiger partial charge in [-0.05, 0) is 35.6 Å². The Hall–Kier alpha value is -3.02. The summed E-state index contributed by atoms with van der Waals surface area (Å²) in [5, 5.41) is 0. The van der Waals surface area contributed by atoms with E-state index in [1.165, 1.54) is 12.1 Å². The second-order valence-corrected chi connectivity index (χ2v) is 7.75. The van der Waals surface area contributed by atoms with Gasteiger partial charge in [-0.3, -0.25) is 14.4 Å². The highest BCUT2D eigenvalue weighted by Crippen LogP contribution is 2.50. The van der Waals surface area contributed by atoms with Gasteiger partial charge in [-0.1, -0.05) is 42.5 Å². The first-order chi connectivity index (χ1) is 14.0. The van der Waals surface area contributed by atoms with Crippen LogP contribution in [0.1, 0.15) is 42.7 Å². The number of benzene rings is 2. The number of hydrogen-bond acceptors (Lipinski definition) is 5. The van der Waals surface area contributed by atoms with E-state index < -0.39 is 23.5 Å². The third-order valence-corrected chi connectivity index (χ3v) is 5.88. The number of carbonyl (C=O) groups excluding carboxylic acids is 3. The standard InChI is InChI=1S/C23H21FO5/c24-18-8-6-16(7-9-18)17-10-19(25)23(13-22(27)29-20(23)11-17)12-21(26)28-14-15-4-2-1-3-5-15/h1-9,17,20H,10-14H2. The highest BCUT2D eigenvalue weighted by molar-refractivity contribution is 5.96. The average molecular weight is 396 g/mol. The van der Waals surface area contributed by atoms with Gasteiger partial charge in [0.05, 0.1) is 18.3 Å². The number of rotatable bonds is 5. The van der Waals surface area contributed by atoms with E-state index in [1.54, 1.807) is 12.1 Å². The van der Waals surface area contributed by atoms with Crippen LogP contribution in [-0.4, -0.2) is 23.8 Å². The lowest BCUT2D eigenvalue weighted by molar-refractivity contribution is -0.156. The molecule has 0 amide bonds. The number of fused-ring (bicyclic) bond motifs is 1. The van der Waals surface area contributed by atoms with Gasteiger partial charge in [0.1, 0.15) is 24.3 Å². The molecule has 150 valence electrons. The summed E-state index contributed by atoms with van der Waals surface area (Å²) in [5.41, 5.74) is 0.504. The van der Waals surface area contributed by atoms with Crippen molar-refractivity contribution < 1.29 is 28.2 Å². The van der Waals surface area contributed by atoms with Gasteiger partial charge in [0, 0.05) is 6.42 Å². The van der Waals surface area contributed by atoms with Gasteiger partial charge >= 0.3 is 11.9 Å². The lowest BCUT2D eigenvalue weighted by atomic mass is 9.64. The molecular weight excluding hydrogens is 375 g/mol. The van der Waals surface area contributed by atoms with Crippen LogP contribution in [0, 0.1) is 11.2 Å². The predicted octanol–water partition coefficient (Wildman–Crippen LogP) is 3.71. The Morgan fingerprint density at radius 2 is 1.83 bits per heavy atom. The summed E-state index contributed by atoms with van der Waals surface area (Å²) in [6.07, 6.45) is -0.339. The van der Waals surface area contributed by atoms with Crippen molar-refractivity contribution >= 4 is 17.7 Å². The van der Waals surface area contributed by atoms with Crippen LogP contribution in [0.4, 0.5) is 4.39 Å². The van der Waals surface area contributed by atoms with Crippen LogP contribution >= 0.6 is 0 Å². The molecular formula is C23H21FO5. The van der Waals surface area contributed by atoms with Crippen LogP contribution in [0.15, 0.2) is 54.6 Å². The third-order valence-electron chi connectivity index (χ3n) is 5.88. The van der Waals surface area contributed by atoms with Gasteiger partial charge in [-0.15, -0.1) is 0 Å². The highest BCUT2D eigenvalue weighted by atomic mass is 19.1. The van der Waals surface area contributed by atoms with E-state index >= 15 is 0 Å². The first-order valence-corrected chi connectivity index (χ1v) is 9.64. The predicted molar refractivity (Wildman–Crippen MR) is 101 cm³/mol. The van der Waals surface area contributed by atoms with Gasteiger partial charge < -0.3 is 9.47 Å². The Balaban J connectivity index is 1.47. The molecule has 3 atom stereocenters. The molecule has 2 fully saturated rings. The van der Waals surface area contributed by atoms with Crippen molar-refractivity contribution in [2.24, 2.45) is 5.41 Å². The summed E-state index contributed by atoms with van der Waals surface area (Å²) in [6.45, 7) is 0.113. The largest absolute Gasteiger partial charge is 0.461 e. The minimum atomic E-state index is -1.17. The second kappa shape index (κ2) is 7.78.